The van der Waals surface area contributed by atoms with E-state index >= 15 is 0 Å². The number of benzene rings is 1. The highest BCUT2D eigenvalue weighted by Crippen LogP contribution is 2.27. The van der Waals surface area contributed by atoms with Crippen molar-refractivity contribution in [3.8, 4) is 0 Å². The third-order valence-corrected chi connectivity index (χ3v) is 5.49. The lowest BCUT2D eigenvalue weighted by molar-refractivity contribution is 0.252. The second-order valence-corrected chi connectivity index (χ2v) is 8.50. The number of rotatable bonds is 7. The van der Waals surface area contributed by atoms with Gasteiger partial charge in [0.1, 0.15) is 17.0 Å². The van der Waals surface area contributed by atoms with Crippen LogP contribution in [0.5, 0.6) is 0 Å². The van der Waals surface area contributed by atoms with Crippen molar-refractivity contribution < 1.29 is 8.78 Å². The molecule has 0 unspecified atom stereocenters. The van der Waals surface area contributed by atoms with Gasteiger partial charge < -0.3 is 5.32 Å². The molecule has 11 heteroatoms. The number of aromatic nitrogens is 4. The van der Waals surface area contributed by atoms with Crippen LogP contribution in [0, 0.1) is 20.8 Å². The number of nitrogens with one attached hydrogen (secondary N) is 2. The minimum absolute atomic E-state index is 0.200. The third kappa shape index (κ3) is 5.37. The quantitative estimate of drug-likeness (QED) is 0.220. The first kappa shape index (κ1) is 23.3. The van der Waals surface area contributed by atoms with Crippen molar-refractivity contribution in [3.05, 3.63) is 81.5 Å². The molecule has 0 saturated heterocycles. The molecule has 174 valence electrons. The lowest BCUT2D eigenvalue weighted by atomic mass is 10.2. The summed E-state index contributed by atoms with van der Waals surface area (Å²) in [6, 6.07) is 11.9. The van der Waals surface area contributed by atoms with E-state index in [2.05, 4.69) is 30.8 Å². The maximum atomic E-state index is 13.3. The number of thioether (sulfide) groups is 1. The van der Waals surface area contributed by atoms with Crippen molar-refractivity contribution in [1.82, 2.24) is 19.4 Å². The van der Waals surface area contributed by atoms with Gasteiger partial charge in [-0.15, -0.1) is 0 Å². The first-order valence-electron chi connectivity index (χ1n) is 10.3. The van der Waals surface area contributed by atoms with Crippen molar-refractivity contribution in [2.24, 2.45) is 5.10 Å². The van der Waals surface area contributed by atoms with E-state index in [1.54, 1.807) is 36.5 Å². The van der Waals surface area contributed by atoms with E-state index in [0.717, 1.165) is 17.0 Å². The molecular formula is C23H21F2N7OS. The summed E-state index contributed by atoms with van der Waals surface area (Å²) in [4.78, 5) is 26.9. The molecule has 4 rings (SSSR count). The zero-order valence-electron chi connectivity index (χ0n) is 18.6. The summed E-state index contributed by atoms with van der Waals surface area (Å²) in [5.74, 6) is -1.92. The van der Waals surface area contributed by atoms with E-state index in [0.29, 0.717) is 33.9 Å². The van der Waals surface area contributed by atoms with E-state index in [4.69, 9.17) is 0 Å². The summed E-state index contributed by atoms with van der Waals surface area (Å²) in [5.41, 5.74) is 6.08. The van der Waals surface area contributed by atoms with Crippen LogP contribution in [0.15, 0.2) is 63.5 Å². The Morgan fingerprint density at radius 2 is 1.76 bits per heavy atom. The molecule has 8 nitrogen and oxygen atoms in total. The van der Waals surface area contributed by atoms with Crippen LogP contribution in [0.4, 0.5) is 26.2 Å². The molecule has 0 aliphatic heterocycles. The second-order valence-electron chi connectivity index (χ2n) is 7.44. The van der Waals surface area contributed by atoms with Crippen LogP contribution in [0.1, 0.15) is 22.5 Å². The standard InChI is InChI=1S/C23H21F2N7OS/c1-13-5-4-10-32-20(13)30-19(29-16-6-8-17(9-7-16)34-22(24)25)18(21(32)33)12-26-31-23-27-14(2)11-15(3)28-23/h4-12,22,29H,1-3H3,(H,27,28,31)/b26-12-. The van der Waals surface area contributed by atoms with Crippen molar-refractivity contribution >= 4 is 41.1 Å². The number of hydrazone groups is 1. The topological polar surface area (TPSA) is 96.6 Å². The highest BCUT2D eigenvalue weighted by Gasteiger charge is 2.13. The van der Waals surface area contributed by atoms with Gasteiger partial charge in [-0.1, -0.05) is 17.8 Å². The fraction of sp³-hybridized carbons (Fsp3) is 0.174. The summed E-state index contributed by atoms with van der Waals surface area (Å²) in [5, 5.41) is 7.26. The van der Waals surface area contributed by atoms with Gasteiger partial charge in [0.15, 0.2) is 0 Å². The maximum absolute atomic E-state index is 13.3. The molecule has 3 aromatic heterocycles. The number of hydrogen-bond acceptors (Lipinski definition) is 8. The Morgan fingerprint density at radius 3 is 2.44 bits per heavy atom. The molecule has 4 aromatic rings. The summed E-state index contributed by atoms with van der Waals surface area (Å²) < 4.78 is 26.7. The summed E-state index contributed by atoms with van der Waals surface area (Å²) in [7, 11) is 0. The normalized spacial score (nSPS) is 11.5. The van der Waals surface area contributed by atoms with Gasteiger partial charge in [0.25, 0.3) is 11.3 Å². The van der Waals surface area contributed by atoms with Crippen LogP contribution >= 0.6 is 11.8 Å². The van der Waals surface area contributed by atoms with Crippen LogP contribution in [0.2, 0.25) is 0 Å². The Balaban J connectivity index is 1.71. The molecule has 0 saturated carbocycles. The molecule has 0 bridgehead atoms. The molecule has 0 aliphatic rings. The smallest absolute Gasteiger partial charge is 0.288 e. The predicted octanol–water partition coefficient (Wildman–Crippen LogP) is 4.91. The lowest BCUT2D eigenvalue weighted by Crippen LogP contribution is -2.22. The van der Waals surface area contributed by atoms with Crippen LogP contribution in [-0.4, -0.2) is 31.3 Å². The van der Waals surface area contributed by atoms with E-state index in [9.17, 15) is 13.6 Å². The summed E-state index contributed by atoms with van der Waals surface area (Å²) in [6.45, 7) is 5.55. The molecule has 1 aromatic carbocycles. The van der Waals surface area contributed by atoms with Crippen LogP contribution in [0.3, 0.4) is 0 Å². The number of anilines is 3. The zero-order chi connectivity index (χ0) is 24.2. The van der Waals surface area contributed by atoms with Gasteiger partial charge in [0.2, 0.25) is 5.95 Å². The van der Waals surface area contributed by atoms with E-state index in [1.807, 2.05) is 32.9 Å². The second kappa shape index (κ2) is 9.96. The van der Waals surface area contributed by atoms with E-state index in [-0.39, 0.29) is 16.9 Å². The third-order valence-electron chi connectivity index (χ3n) is 4.77. The molecule has 0 fully saturated rings. The predicted molar refractivity (Wildman–Crippen MR) is 131 cm³/mol. The minimum Gasteiger partial charge on any atom is -0.339 e. The Morgan fingerprint density at radius 1 is 1.06 bits per heavy atom. The molecule has 34 heavy (non-hydrogen) atoms. The van der Waals surface area contributed by atoms with Crippen molar-refractivity contribution in [2.75, 3.05) is 10.7 Å². The number of pyridine rings is 1. The Hall–Kier alpha value is -3.86. The van der Waals surface area contributed by atoms with Crippen molar-refractivity contribution in [3.63, 3.8) is 0 Å². The van der Waals surface area contributed by atoms with Gasteiger partial charge in [-0.25, -0.2) is 20.4 Å². The molecule has 2 N–H and O–H groups in total. The molecular weight excluding hydrogens is 460 g/mol. The minimum atomic E-state index is -2.50. The van der Waals surface area contributed by atoms with Crippen LogP contribution in [0.25, 0.3) is 5.65 Å². The summed E-state index contributed by atoms with van der Waals surface area (Å²) >= 11 is 0.462. The number of fused-ring (bicyclic) bond motifs is 1. The van der Waals surface area contributed by atoms with Gasteiger partial charge in [0, 0.05) is 28.2 Å². The van der Waals surface area contributed by atoms with Crippen LogP contribution in [-0.2, 0) is 0 Å². The first-order valence-corrected chi connectivity index (χ1v) is 11.1. The van der Waals surface area contributed by atoms with Gasteiger partial charge >= 0.3 is 0 Å². The van der Waals surface area contributed by atoms with Gasteiger partial charge in [-0.2, -0.15) is 13.9 Å². The molecule has 0 atom stereocenters. The molecule has 0 radical (unpaired) electrons. The Labute approximate surface area is 198 Å². The average Bonchev–Trinajstić information content (AvgIpc) is 2.77. The summed E-state index contributed by atoms with van der Waals surface area (Å²) in [6.07, 6.45) is 2.99. The number of hydrogen-bond donors (Lipinski definition) is 2. The largest absolute Gasteiger partial charge is 0.339 e. The monoisotopic (exact) mass is 481 g/mol. The van der Waals surface area contributed by atoms with Crippen LogP contribution < -0.4 is 16.3 Å². The van der Waals surface area contributed by atoms with Crippen molar-refractivity contribution in [1.29, 1.82) is 0 Å². The highest BCUT2D eigenvalue weighted by atomic mass is 32.2. The van der Waals surface area contributed by atoms with E-state index < -0.39 is 5.76 Å². The first-order chi connectivity index (χ1) is 16.3. The van der Waals surface area contributed by atoms with Gasteiger partial charge in [-0.05, 0) is 62.7 Å². The fourth-order valence-electron chi connectivity index (χ4n) is 3.31. The number of alkyl halides is 2. The zero-order valence-corrected chi connectivity index (χ0v) is 19.4. The average molecular weight is 482 g/mol. The number of nitrogens with zero attached hydrogens (tertiary/aromatic N) is 5. The fourth-order valence-corrected chi connectivity index (χ4v) is 3.81. The van der Waals surface area contributed by atoms with E-state index in [1.165, 1.54) is 10.6 Å². The molecule has 3 heterocycles. The molecule has 0 spiro atoms. The SMILES string of the molecule is Cc1cc(C)nc(N/N=C\c2c(Nc3ccc(SC(F)F)cc3)nc3c(C)cccn3c2=O)n1. The number of aryl methyl sites for hydroxylation is 3. The number of halogens is 2. The maximum Gasteiger partial charge on any atom is 0.288 e. The molecule has 0 amide bonds. The van der Waals surface area contributed by atoms with Crippen molar-refractivity contribution in [2.45, 2.75) is 31.4 Å². The van der Waals surface area contributed by atoms with Gasteiger partial charge in [-0.3, -0.25) is 9.20 Å². The van der Waals surface area contributed by atoms with Gasteiger partial charge in [0.05, 0.1) is 6.21 Å². The Kier molecular flexibility index (Phi) is 6.82. The Bertz CT molecular complexity index is 1400. The molecule has 0 aliphatic carbocycles. The lowest BCUT2D eigenvalue weighted by Gasteiger charge is -2.12. The highest BCUT2D eigenvalue weighted by molar-refractivity contribution is 7.99.